The number of hydrogen-bond donors (Lipinski definition) is 0. The Balaban J connectivity index is 2.58. The number of para-hydroxylation sites is 1. The number of carbonyl (C=O) groups excluding carboxylic acids is 2. The van der Waals surface area contributed by atoms with E-state index in [2.05, 4.69) is 5.10 Å². The minimum absolute atomic E-state index is 0.0447. The maximum Gasteiger partial charge on any atom is 0.180 e. The number of nitrogens with zero attached hydrogens (tertiary/aromatic N) is 2. The molecule has 0 bridgehead atoms. The van der Waals surface area contributed by atoms with Gasteiger partial charge in [0.05, 0.1) is 5.56 Å². The Bertz CT molecular complexity index is 590. The first kappa shape index (κ1) is 11.2. The Morgan fingerprint density at radius 1 is 1.41 bits per heavy atom. The minimum atomic E-state index is -0.470. The van der Waals surface area contributed by atoms with Crippen molar-refractivity contribution < 1.29 is 14.0 Å². The molecule has 5 heteroatoms. The molecular formula is C12H9FN2O2. The molecule has 0 unspecified atom stereocenters. The lowest BCUT2D eigenvalue weighted by molar-refractivity contribution is 0.100. The van der Waals surface area contributed by atoms with Gasteiger partial charge in [-0.05, 0) is 12.1 Å². The lowest BCUT2D eigenvalue weighted by Gasteiger charge is -2.01. The third-order valence-electron chi connectivity index (χ3n) is 2.30. The molecule has 0 radical (unpaired) electrons. The molecule has 2 aromatic rings. The topological polar surface area (TPSA) is 52.0 Å². The molecular weight excluding hydrogens is 223 g/mol. The van der Waals surface area contributed by atoms with Gasteiger partial charge >= 0.3 is 0 Å². The van der Waals surface area contributed by atoms with Crippen molar-refractivity contribution in [3.63, 3.8) is 0 Å². The molecule has 1 aromatic heterocycles. The predicted octanol–water partition coefficient (Wildman–Crippen LogP) is 2.03. The van der Waals surface area contributed by atoms with Gasteiger partial charge < -0.3 is 0 Å². The SMILES string of the molecule is CC(=O)c1nn(-c2ccccc2F)cc1C=O. The molecule has 86 valence electrons. The lowest BCUT2D eigenvalue weighted by atomic mass is 10.2. The Hall–Kier alpha value is -2.30. The second-order valence-electron chi connectivity index (χ2n) is 3.50. The van der Waals surface area contributed by atoms with Crippen LogP contribution in [0.15, 0.2) is 30.5 Å². The fourth-order valence-corrected chi connectivity index (χ4v) is 1.51. The van der Waals surface area contributed by atoms with Gasteiger partial charge in [0.1, 0.15) is 17.2 Å². The highest BCUT2D eigenvalue weighted by atomic mass is 19.1. The molecule has 0 aliphatic carbocycles. The highest BCUT2D eigenvalue weighted by molar-refractivity contribution is 5.99. The molecule has 0 aliphatic rings. The molecule has 0 amide bonds. The highest BCUT2D eigenvalue weighted by Crippen LogP contribution is 2.14. The Labute approximate surface area is 96.7 Å². The predicted molar refractivity (Wildman–Crippen MR) is 58.9 cm³/mol. The van der Waals surface area contributed by atoms with Crippen LogP contribution < -0.4 is 0 Å². The number of aldehydes is 1. The van der Waals surface area contributed by atoms with E-state index in [1.165, 1.54) is 29.9 Å². The van der Waals surface area contributed by atoms with Gasteiger partial charge in [-0.25, -0.2) is 9.07 Å². The summed E-state index contributed by atoms with van der Waals surface area (Å²) in [7, 11) is 0. The van der Waals surface area contributed by atoms with Gasteiger partial charge in [-0.1, -0.05) is 12.1 Å². The summed E-state index contributed by atoms with van der Waals surface area (Å²) in [6.45, 7) is 1.31. The van der Waals surface area contributed by atoms with Crippen LogP contribution in [-0.4, -0.2) is 21.8 Å². The van der Waals surface area contributed by atoms with Gasteiger partial charge in [-0.3, -0.25) is 9.59 Å². The number of aromatic nitrogens is 2. The third-order valence-corrected chi connectivity index (χ3v) is 2.30. The lowest BCUT2D eigenvalue weighted by Crippen LogP contribution is -2.01. The maximum absolute atomic E-state index is 13.5. The molecule has 0 spiro atoms. The van der Waals surface area contributed by atoms with Gasteiger partial charge in [0, 0.05) is 13.1 Å². The van der Waals surface area contributed by atoms with Gasteiger partial charge in [0.25, 0.3) is 0 Å². The minimum Gasteiger partial charge on any atom is -0.298 e. The Morgan fingerprint density at radius 3 is 2.65 bits per heavy atom. The average molecular weight is 232 g/mol. The van der Waals surface area contributed by atoms with Crippen LogP contribution in [0.25, 0.3) is 5.69 Å². The third kappa shape index (κ3) is 1.99. The van der Waals surface area contributed by atoms with Crippen molar-refractivity contribution in [2.45, 2.75) is 6.92 Å². The zero-order valence-corrected chi connectivity index (χ0v) is 9.05. The maximum atomic E-state index is 13.5. The highest BCUT2D eigenvalue weighted by Gasteiger charge is 2.14. The molecule has 0 saturated carbocycles. The van der Waals surface area contributed by atoms with Crippen molar-refractivity contribution in [2.75, 3.05) is 0 Å². The standard InChI is InChI=1S/C12H9FN2O2/c1-8(17)12-9(7-16)6-15(14-12)11-5-3-2-4-10(11)13/h2-7H,1H3. The van der Waals surface area contributed by atoms with Crippen molar-refractivity contribution in [2.24, 2.45) is 0 Å². The number of hydrogen-bond acceptors (Lipinski definition) is 3. The molecule has 4 nitrogen and oxygen atoms in total. The molecule has 0 saturated heterocycles. The zero-order valence-electron chi connectivity index (χ0n) is 9.05. The number of carbonyl (C=O) groups is 2. The van der Waals surface area contributed by atoms with Crippen molar-refractivity contribution in [3.05, 3.63) is 47.5 Å². The van der Waals surface area contributed by atoms with Crippen LogP contribution in [0, 0.1) is 5.82 Å². The summed E-state index contributed by atoms with van der Waals surface area (Å²) in [5.74, 6) is -0.801. The van der Waals surface area contributed by atoms with Crippen LogP contribution in [0.2, 0.25) is 0 Å². The van der Waals surface area contributed by atoms with Gasteiger partial charge in [-0.15, -0.1) is 0 Å². The van der Waals surface area contributed by atoms with Crippen LogP contribution in [0.3, 0.4) is 0 Å². The Morgan fingerprint density at radius 2 is 2.12 bits per heavy atom. The summed E-state index contributed by atoms with van der Waals surface area (Å²) in [6.07, 6.45) is 1.86. The van der Waals surface area contributed by atoms with Crippen LogP contribution >= 0.6 is 0 Å². The number of benzene rings is 1. The summed E-state index contributed by atoms with van der Waals surface area (Å²) < 4.78 is 14.7. The van der Waals surface area contributed by atoms with Crippen LogP contribution in [-0.2, 0) is 0 Å². The van der Waals surface area contributed by atoms with Crippen LogP contribution in [0.5, 0.6) is 0 Å². The summed E-state index contributed by atoms with van der Waals surface area (Å²) in [6, 6.07) is 5.99. The molecule has 0 fully saturated rings. The zero-order chi connectivity index (χ0) is 12.4. The quantitative estimate of drug-likeness (QED) is 0.601. The van der Waals surface area contributed by atoms with E-state index in [9.17, 15) is 14.0 Å². The van der Waals surface area contributed by atoms with Crippen molar-refractivity contribution in [1.82, 2.24) is 9.78 Å². The van der Waals surface area contributed by atoms with E-state index in [4.69, 9.17) is 0 Å². The van der Waals surface area contributed by atoms with E-state index in [0.717, 1.165) is 0 Å². The van der Waals surface area contributed by atoms with Gasteiger partial charge in [0.15, 0.2) is 12.1 Å². The number of halogens is 1. The fourth-order valence-electron chi connectivity index (χ4n) is 1.51. The van der Waals surface area contributed by atoms with Crippen molar-refractivity contribution >= 4 is 12.1 Å². The number of Topliss-reactive ketones (excluding diaryl/α,β-unsaturated/α-hetero) is 1. The molecule has 0 atom stereocenters. The molecule has 0 N–H and O–H groups in total. The van der Waals surface area contributed by atoms with E-state index in [-0.39, 0.29) is 22.7 Å². The fraction of sp³-hybridized carbons (Fsp3) is 0.0833. The van der Waals surface area contributed by atoms with Gasteiger partial charge in [0.2, 0.25) is 0 Å². The molecule has 2 rings (SSSR count). The van der Waals surface area contributed by atoms with E-state index in [1.807, 2.05) is 0 Å². The Kier molecular flexibility index (Phi) is 2.82. The average Bonchev–Trinajstić information content (AvgIpc) is 2.73. The second-order valence-corrected chi connectivity index (χ2v) is 3.50. The van der Waals surface area contributed by atoms with Gasteiger partial charge in [-0.2, -0.15) is 5.10 Å². The largest absolute Gasteiger partial charge is 0.298 e. The first-order valence-corrected chi connectivity index (χ1v) is 4.94. The summed E-state index contributed by atoms with van der Waals surface area (Å²) in [5.41, 5.74) is 0.395. The molecule has 17 heavy (non-hydrogen) atoms. The van der Waals surface area contributed by atoms with Crippen LogP contribution in [0.4, 0.5) is 4.39 Å². The van der Waals surface area contributed by atoms with E-state index in [1.54, 1.807) is 12.1 Å². The second kappa shape index (κ2) is 4.29. The van der Waals surface area contributed by atoms with Crippen molar-refractivity contribution in [1.29, 1.82) is 0 Å². The first-order chi connectivity index (χ1) is 8.13. The summed E-state index contributed by atoms with van der Waals surface area (Å²) >= 11 is 0. The van der Waals surface area contributed by atoms with E-state index >= 15 is 0 Å². The normalized spacial score (nSPS) is 10.2. The first-order valence-electron chi connectivity index (χ1n) is 4.94. The summed E-state index contributed by atoms with van der Waals surface area (Å²) in [5, 5.41) is 3.91. The molecule has 1 heterocycles. The summed E-state index contributed by atoms with van der Waals surface area (Å²) in [4.78, 5) is 22.0. The van der Waals surface area contributed by atoms with Crippen molar-refractivity contribution in [3.8, 4) is 5.69 Å². The monoisotopic (exact) mass is 232 g/mol. The van der Waals surface area contributed by atoms with Crippen LogP contribution in [0.1, 0.15) is 27.8 Å². The molecule has 0 aliphatic heterocycles. The molecule has 1 aromatic carbocycles. The smallest absolute Gasteiger partial charge is 0.180 e. The van der Waals surface area contributed by atoms with E-state index < -0.39 is 5.82 Å². The number of rotatable bonds is 3. The van der Waals surface area contributed by atoms with E-state index in [0.29, 0.717) is 6.29 Å². The number of ketones is 1.